The first-order chi connectivity index (χ1) is 8.36. The minimum Gasteiger partial charge on any atom is -0.497 e. The van der Waals surface area contributed by atoms with Gasteiger partial charge in [-0.15, -0.1) is 18.3 Å². The summed E-state index contributed by atoms with van der Waals surface area (Å²) in [5.74, 6) is 2.88. The van der Waals surface area contributed by atoms with Crippen molar-refractivity contribution in [2.45, 2.75) is 4.90 Å². The molecule has 0 amide bonds. The highest BCUT2D eigenvalue weighted by Gasteiger charge is 1.94. The highest BCUT2D eigenvalue weighted by molar-refractivity contribution is 8.77. The Bertz CT molecular complexity index is 363. The number of hydrogen-bond acceptors (Lipinski definition) is 4. The molecule has 0 spiro atoms. The maximum Gasteiger partial charge on any atom is 0.119 e. The Kier molecular flexibility index (Phi) is 8.22. The molecule has 1 rings (SSSR count). The summed E-state index contributed by atoms with van der Waals surface area (Å²) in [6, 6.07) is 8.12. The summed E-state index contributed by atoms with van der Waals surface area (Å²) in [6.07, 6.45) is 4.08. The largest absolute Gasteiger partial charge is 0.497 e. The van der Waals surface area contributed by atoms with Gasteiger partial charge in [-0.3, -0.25) is 0 Å². The first kappa shape index (κ1) is 14.6. The highest BCUT2D eigenvalue weighted by atomic mass is 33.1. The number of hydrogen-bond donors (Lipinski definition) is 0. The van der Waals surface area contributed by atoms with Gasteiger partial charge in [-0.2, -0.15) is 0 Å². The van der Waals surface area contributed by atoms with Crippen LogP contribution in [-0.2, 0) is 0 Å². The van der Waals surface area contributed by atoms with Crippen molar-refractivity contribution in [2.24, 2.45) is 0 Å². The number of rotatable bonds is 8. The molecule has 0 saturated carbocycles. The second-order valence-electron chi connectivity index (χ2n) is 3.03. The standard InChI is InChI=1S/C13H16OS3/c1-3-8-16-17-10-5-9-15-13-7-4-6-12(11-13)14-2/h3-7,10-11H,1,8-9H2,2H3/b10-5+. The number of benzene rings is 1. The molecule has 0 aliphatic heterocycles. The van der Waals surface area contributed by atoms with Gasteiger partial charge in [0.15, 0.2) is 0 Å². The van der Waals surface area contributed by atoms with E-state index in [0.717, 1.165) is 17.3 Å². The molecule has 0 N–H and O–H groups in total. The molecule has 0 aliphatic rings. The van der Waals surface area contributed by atoms with E-state index in [2.05, 4.69) is 30.2 Å². The van der Waals surface area contributed by atoms with Crippen LogP contribution in [0.1, 0.15) is 0 Å². The van der Waals surface area contributed by atoms with Gasteiger partial charge in [-0.25, -0.2) is 0 Å². The Morgan fingerprint density at radius 1 is 1.35 bits per heavy atom. The fourth-order valence-corrected chi connectivity index (χ4v) is 3.35. The monoisotopic (exact) mass is 284 g/mol. The number of thioether (sulfide) groups is 1. The van der Waals surface area contributed by atoms with Gasteiger partial charge in [0.1, 0.15) is 5.75 Å². The van der Waals surface area contributed by atoms with E-state index >= 15 is 0 Å². The van der Waals surface area contributed by atoms with Gasteiger partial charge in [-0.05, 0) is 23.6 Å². The zero-order valence-corrected chi connectivity index (χ0v) is 12.2. The summed E-state index contributed by atoms with van der Waals surface area (Å²) in [6.45, 7) is 3.68. The van der Waals surface area contributed by atoms with Crippen molar-refractivity contribution in [1.82, 2.24) is 0 Å². The second kappa shape index (κ2) is 9.57. The molecule has 4 heteroatoms. The van der Waals surface area contributed by atoms with Crippen molar-refractivity contribution in [3.63, 3.8) is 0 Å². The molecule has 17 heavy (non-hydrogen) atoms. The van der Waals surface area contributed by atoms with Gasteiger partial charge in [0, 0.05) is 16.4 Å². The lowest BCUT2D eigenvalue weighted by Crippen LogP contribution is -1.82. The van der Waals surface area contributed by atoms with E-state index in [1.54, 1.807) is 40.5 Å². The van der Waals surface area contributed by atoms with E-state index in [-0.39, 0.29) is 0 Å². The van der Waals surface area contributed by atoms with Crippen molar-refractivity contribution in [3.05, 3.63) is 48.4 Å². The Hall–Kier alpha value is -0.450. The minimum absolute atomic E-state index is 0.912. The maximum atomic E-state index is 5.18. The van der Waals surface area contributed by atoms with E-state index in [1.807, 2.05) is 18.2 Å². The zero-order valence-electron chi connectivity index (χ0n) is 9.80. The molecule has 0 aliphatic carbocycles. The normalized spacial score (nSPS) is 10.6. The number of ether oxygens (including phenoxy) is 1. The van der Waals surface area contributed by atoms with Crippen LogP contribution in [0.3, 0.4) is 0 Å². The first-order valence-electron chi connectivity index (χ1n) is 5.18. The molecule has 0 bridgehead atoms. The summed E-state index contributed by atoms with van der Waals surface area (Å²) in [5, 5.41) is 2.13. The van der Waals surface area contributed by atoms with Crippen LogP contribution >= 0.6 is 33.3 Å². The summed E-state index contributed by atoms with van der Waals surface area (Å²) in [5.41, 5.74) is 0. The molecule has 1 nitrogen and oxygen atoms in total. The Morgan fingerprint density at radius 3 is 3.00 bits per heavy atom. The Balaban J connectivity index is 2.23. The van der Waals surface area contributed by atoms with Gasteiger partial charge in [0.05, 0.1) is 7.11 Å². The molecule has 0 fully saturated rings. The summed E-state index contributed by atoms with van der Waals surface area (Å²) in [4.78, 5) is 1.23. The predicted octanol–water partition coefficient (Wildman–Crippen LogP) is 4.87. The molecule has 1 aromatic carbocycles. The van der Waals surface area contributed by atoms with Crippen LogP contribution < -0.4 is 4.74 Å². The van der Waals surface area contributed by atoms with E-state index in [9.17, 15) is 0 Å². The van der Waals surface area contributed by atoms with Crippen LogP contribution in [0.25, 0.3) is 0 Å². The van der Waals surface area contributed by atoms with E-state index in [4.69, 9.17) is 4.74 Å². The van der Waals surface area contributed by atoms with Crippen molar-refractivity contribution in [3.8, 4) is 5.75 Å². The van der Waals surface area contributed by atoms with Crippen molar-refractivity contribution < 1.29 is 4.74 Å². The zero-order chi connectivity index (χ0) is 12.3. The molecule has 0 heterocycles. The Morgan fingerprint density at radius 2 is 2.24 bits per heavy atom. The van der Waals surface area contributed by atoms with Crippen LogP contribution in [0, 0.1) is 0 Å². The van der Waals surface area contributed by atoms with Crippen LogP contribution in [0.2, 0.25) is 0 Å². The SMILES string of the molecule is C=CCSS/C=C/CSc1cccc(OC)c1. The molecule has 0 unspecified atom stereocenters. The summed E-state index contributed by atoms with van der Waals surface area (Å²) < 4.78 is 5.18. The quantitative estimate of drug-likeness (QED) is 0.291. The molecule has 92 valence electrons. The summed E-state index contributed by atoms with van der Waals surface area (Å²) in [7, 11) is 5.23. The van der Waals surface area contributed by atoms with Crippen LogP contribution in [0.4, 0.5) is 0 Å². The topological polar surface area (TPSA) is 9.23 Å². The fraction of sp³-hybridized carbons (Fsp3) is 0.231. The lowest BCUT2D eigenvalue weighted by molar-refractivity contribution is 0.413. The lowest BCUT2D eigenvalue weighted by atomic mass is 10.3. The van der Waals surface area contributed by atoms with Crippen molar-refractivity contribution in [1.29, 1.82) is 0 Å². The van der Waals surface area contributed by atoms with E-state index in [1.165, 1.54) is 4.90 Å². The molecule has 0 atom stereocenters. The Labute approximate surface area is 115 Å². The molecule has 0 aromatic heterocycles. The molecule has 1 aromatic rings. The molecule has 0 saturated heterocycles. The van der Waals surface area contributed by atoms with Gasteiger partial charge in [0.2, 0.25) is 0 Å². The van der Waals surface area contributed by atoms with E-state index < -0.39 is 0 Å². The van der Waals surface area contributed by atoms with Gasteiger partial charge >= 0.3 is 0 Å². The predicted molar refractivity (Wildman–Crippen MR) is 83.1 cm³/mol. The number of methoxy groups -OCH3 is 1. The van der Waals surface area contributed by atoms with Crippen LogP contribution in [-0.4, -0.2) is 18.6 Å². The first-order valence-corrected chi connectivity index (χ1v) is 8.54. The van der Waals surface area contributed by atoms with Crippen LogP contribution in [0.15, 0.2) is 53.3 Å². The summed E-state index contributed by atoms with van der Waals surface area (Å²) >= 11 is 1.80. The maximum absolute atomic E-state index is 5.18. The minimum atomic E-state index is 0.912. The highest BCUT2D eigenvalue weighted by Crippen LogP contribution is 2.25. The molecular weight excluding hydrogens is 268 g/mol. The third-order valence-electron chi connectivity index (χ3n) is 1.79. The van der Waals surface area contributed by atoms with Gasteiger partial charge in [-0.1, -0.05) is 39.8 Å². The molecule has 0 radical (unpaired) electrons. The van der Waals surface area contributed by atoms with Crippen molar-refractivity contribution in [2.75, 3.05) is 18.6 Å². The van der Waals surface area contributed by atoms with E-state index in [0.29, 0.717) is 0 Å². The fourth-order valence-electron chi connectivity index (χ4n) is 1.04. The lowest BCUT2D eigenvalue weighted by Gasteiger charge is -2.02. The average Bonchev–Trinajstić information content (AvgIpc) is 2.38. The van der Waals surface area contributed by atoms with Gasteiger partial charge < -0.3 is 4.74 Å². The third kappa shape index (κ3) is 6.76. The second-order valence-corrected chi connectivity index (χ2v) is 6.44. The van der Waals surface area contributed by atoms with Gasteiger partial charge in [0.25, 0.3) is 0 Å². The van der Waals surface area contributed by atoms with Crippen LogP contribution in [0.5, 0.6) is 5.75 Å². The molecular formula is C13H16OS3. The smallest absolute Gasteiger partial charge is 0.119 e. The van der Waals surface area contributed by atoms with Crippen molar-refractivity contribution >= 4 is 33.3 Å². The average molecular weight is 284 g/mol. The third-order valence-corrected chi connectivity index (χ3v) is 4.70.